The number of nitrogens with zero attached hydrogens (tertiary/aromatic N) is 4. The second-order valence-electron chi connectivity index (χ2n) is 7.05. The summed E-state index contributed by atoms with van der Waals surface area (Å²) in [6, 6.07) is 6.10. The molecule has 26 heavy (non-hydrogen) atoms. The Bertz CT molecular complexity index is 715. The van der Waals surface area contributed by atoms with Crippen LogP contribution in [0.1, 0.15) is 29.8 Å². The normalized spacial score (nSPS) is 16.1. The molecule has 1 aliphatic rings. The number of aromatic amines is 1. The van der Waals surface area contributed by atoms with Gasteiger partial charge in [-0.15, -0.1) is 0 Å². The van der Waals surface area contributed by atoms with Crippen molar-refractivity contribution in [3.05, 3.63) is 30.1 Å². The van der Waals surface area contributed by atoms with E-state index in [-0.39, 0.29) is 11.9 Å². The first kappa shape index (κ1) is 18.7. The number of hydrogen-bond acceptors (Lipinski definition) is 4. The highest BCUT2D eigenvalue weighted by Gasteiger charge is 2.28. The van der Waals surface area contributed by atoms with Gasteiger partial charge in [0.25, 0.3) is 5.91 Å². The number of hydrogen-bond donors (Lipinski definition) is 1. The number of aromatic nitrogens is 3. The zero-order valence-corrected chi connectivity index (χ0v) is 15.9. The van der Waals surface area contributed by atoms with Gasteiger partial charge in [0.2, 0.25) is 0 Å². The largest absolute Gasteiger partial charge is 0.385 e. The summed E-state index contributed by atoms with van der Waals surface area (Å²) in [5.41, 5.74) is 2.34. The zero-order valence-electron chi connectivity index (χ0n) is 15.9. The summed E-state index contributed by atoms with van der Waals surface area (Å²) in [5.74, 6) is 0.0311. The quantitative estimate of drug-likeness (QED) is 0.768. The van der Waals surface area contributed by atoms with Gasteiger partial charge in [0.1, 0.15) is 11.4 Å². The molecule has 0 aromatic carbocycles. The summed E-state index contributed by atoms with van der Waals surface area (Å²) in [6.07, 6.45) is 4.83. The standard InChI is InChI=1S/C19H29N5O2/c1-22-11-7-15(8-12-22)24(10-5-13-26-3)19(25)17-14-16(20-21-17)18-6-4-9-23(18)2/h4,6,9,14-15H,5,7-8,10-13H2,1-3H3,(H,20,21). The number of rotatable bonds is 7. The van der Waals surface area contributed by atoms with Gasteiger partial charge in [0.15, 0.2) is 0 Å². The maximum Gasteiger partial charge on any atom is 0.272 e. The highest BCUT2D eigenvalue weighted by molar-refractivity contribution is 5.93. The van der Waals surface area contributed by atoms with Crippen molar-refractivity contribution in [2.24, 2.45) is 7.05 Å². The van der Waals surface area contributed by atoms with Crippen LogP contribution in [0, 0.1) is 0 Å². The van der Waals surface area contributed by atoms with Crippen molar-refractivity contribution in [3.63, 3.8) is 0 Å². The Morgan fingerprint density at radius 3 is 2.81 bits per heavy atom. The van der Waals surface area contributed by atoms with E-state index in [2.05, 4.69) is 22.1 Å². The first-order chi connectivity index (χ1) is 12.6. The van der Waals surface area contributed by atoms with Gasteiger partial charge >= 0.3 is 0 Å². The van der Waals surface area contributed by atoms with Gasteiger partial charge in [-0.05, 0) is 57.6 Å². The minimum absolute atomic E-state index is 0.0311. The molecule has 1 N–H and O–H groups in total. The third kappa shape index (κ3) is 4.16. The zero-order chi connectivity index (χ0) is 18.5. The number of ether oxygens (including phenoxy) is 1. The third-order valence-corrected chi connectivity index (χ3v) is 5.15. The van der Waals surface area contributed by atoms with Crippen LogP contribution in [-0.2, 0) is 11.8 Å². The monoisotopic (exact) mass is 359 g/mol. The molecule has 1 saturated heterocycles. The molecule has 7 heteroatoms. The molecule has 0 atom stereocenters. The van der Waals surface area contributed by atoms with Crippen molar-refractivity contribution in [1.82, 2.24) is 24.6 Å². The molecule has 0 aliphatic carbocycles. The highest BCUT2D eigenvalue weighted by Crippen LogP contribution is 2.21. The van der Waals surface area contributed by atoms with Gasteiger partial charge in [-0.25, -0.2) is 0 Å². The maximum absolute atomic E-state index is 13.2. The lowest BCUT2D eigenvalue weighted by molar-refractivity contribution is 0.0558. The smallest absolute Gasteiger partial charge is 0.272 e. The summed E-state index contributed by atoms with van der Waals surface area (Å²) >= 11 is 0. The number of methoxy groups -OCH3 is 1. The maximum atomic E-state index is 13.2. The first-order valence-electron chi connectivity index (χ1n) is 9.25. The molecule has 3 heterocycles. The average molecular weight is 359 g/mol. The van der Waals surface area contributed by atoms with E-state index in [1.807, 2.05) is 40.9 Å². The summed E-state index contributed by atoms with van der Waals surface area (Å²) in [6.45, 7) is 3.42. The van der Waals surface area contributed by atoms with Crippen molar-refractivity contribution < 1.29 is 9.53 Å². The lowest BCUT2D eigenvalue weighted by atomic mass is 10.0. The highest BCUT2D eigenvalue weighted by atomic mass is 16.5. The van der Waals surface area contributed by atoms with Crippen molar-refractivity contribution in [2.75, 3.05) is 40.4 Å². The summed E-state index contributed by atoms with van der Waals surface area (Å²) in [4.78, 5) is 17.5. The number of likely N-dealkylation sites (tertiary alicyclic amines) is 1. The van der Waals surface area contributed by atoms with E-state index in [0.29, 0.717) is 18.8 Å². The number of nitrogens with one attached hydrogen (secondary N) is 1. The summed E-state index contributed by atoms with van der Waals surface area (Å²) in [5, 5.41) is 7.29. The van der Waals surface area contributed by atoms with Crippen molar-refractivity contribution in [1.29, 1.82) is 0 Å². The Labute approximate surface area is 154 Å². The minimum atomic E-state index is 0.0311. The Morgan fingerprint density at radius 1 is 1.38 bits per heavy atom. The van der Waals surface area contributed by atoms with Crippen molar-refractivity contribution in [2.45, 2.75) is 25.3 Å². The van der Waals surface area contributed by atoms with E-state index in [1.165, 1.54) is 0 Å². The van der Waals surface area contributed by atoms with Crippen LogP contribution >= 0.6 is 0 Å². The molecule has 0 spiro atoms. The van der Waals surface area contributed by atoms with E-state index in [4.69, 9.17) is 4.74 Å². The van der Waals surface area contributed by atoms with Crippen LogP contribution in [0.25, 0.3) is 11.4 Å². The number of H-pyrrole nitrogens is 1. The molecule has 7 nitrogen and oxygen atoms in total. The molecule has 1 fully saturated rings. The SMILES string of the molecule is COCCCN(C(=O)c1cc(-c2cccn2C)n[nH]1)C1CCN(C)CC1. The van der Waals surface area contributed by atoms with Gasteiger partial charge in [-0.3, -0.25) is 9.89 Å². The number of amides is 1. The molecule has 0 bridgehead atoms. The van der Waals surface area contributed by atoms with Gasteiger partial charge in [0, 0.05) is 39.5 Å². The van der Waals surface area contributed by atoms with E-state index >= 15 is 0 Å². The topological polar surface area (TPSA) is 66.4 Å². The second kappa shape index (κ2) is 8.51. The first-order valence-corrected chi connectivity index (χ1v) is 9.25. The van der Waals surface area contributed by atoms with E-state index < -0.39 is 0 Å². The van der Waals surface area contributed by atoms with Crippen LogP contribution in [0.5, 0.6) is 0 Å². The van der Waals surface area contributed by atoms with E-state index in [1.54, 1.807) is 7.11 Å². The van der Waals surface area contributed by atoms with Gasteiger partial charge in [-0.1, -0.05) is 0 Å². The van der Waals surface area contributed by atoms with Crippen LogP contribution in [0.3, 0.4) is 0 Å². The Hall–Kier alpha value is -2.12. The molecule has 0 saturated carbocycles. The molecule has 3 rings (SSSR count). The number of carbonyl (C=O) groups excluding carboxylic acids is 1. The lowest BCUT2D eigenvalue weighted by Gasteiger charge is -2.37. The van der Waals surface area contributed by atoms with Crippen molar-refractivity contribution >= 4 is 5.91 Å². The van der Waals surface area contributed by atoms with Crippen molar-refractivity contribution in [3.8, 4) is 11.4 Å². The molecule has 2 aromatic heterocycles. The molecule has 0 radical (unpaired) electrons. The Kier molecular flexibility index (Phi) is 6.11. The average Bonchev–Trinajstić information content (AvgIpc) is 3.28. The van der Waals surface area contributed by atoms with E-state index in [0.717, 1.165) is 43.7 Å². The predicted molar refractivity (Wildman–Crippen MR) is 101 cm³/mol. The molecule has 0 unspecified atom stereocenters. The van der Waals surface area contributed by atoms with Crippen LogP contribution in [-0.4, -0.2) is 76.9 Å². The predicted octanol–water partition coefficient (Wildman–Crippen LogP) is 1.99. The fourth-order valence-electron chi connectivity index (χ4n) is 3.58. The molecule has 142 valence electrons. The summed E-state index contributed by atoms with van der Waals surface area (Å²) < 4.78 is 7.18. The molecular formula is C19H29N5O2. The fourth-order valence-corrected chi connectivity index (χ4v) is 3.58. The summed E-state index contributed by atoms with van der Waals surface area (Å²) in [7, 11) is 5.80. The third-order valence-electron chi connectivity index (χ3n) is 5.15. The molecular weight excluding hydrogens is 330 g/mol. The number of carbonyl (C=O) groups is 1. The minimum Gasteiger partial charge on any atom is -0.385 e. The van der Waals surface area contributed by atoms with Crippen LogP contribution < -0.4 is 0 Å². The van der Waals surface area contributed by atoms with Crippen LogP contribution in [0.15, 0.2) is 24.4 Å². The number of aryl methyl sites for hydroxylation is 1. The van der Waals surface area contributed by atoms with Gasteiger partial charge < -0.3 is 19.1 Å². The second-order valence-corrected chi connectivity index (χ2v) is 7.05. The Morgan fingerprint density at radius 2 is 2.15 bits per heavy atom. The van der Waals surface area contributed by atoms with Crippen LogP contribution in [0.2, 0.25) is 0 Å². The lowest BCUT2D eigenvalue weighted by Crippen LogP contribution is -2.47. The molecule has 1 amide bonds. The number of piperidine rings is 1. The van der Waals surface area contributed by atoms with Gasteiger partial charge in [-0.2, -0.15) is 5.10 Å². The Balaban J connectivity index is 1.76. The molecule has 1 aliphatic heterocycles. The van der Waals surface area contributed by atoms with Gasteiger partial charge in [0.05, 0.1) is 5.69 Å². The van der Waals surface area contributed by atoms with Crippen LogP contribution in [0.4, 0.5) is 0 Å². The van der Waals surface area contributed by atoms with E-state index in [9.17, 15) is 4.79 Å². The molecule has 2 aromatic rings. The fraction of sp³-hybridized carbons (Fsp3) is 0.579.